The molecule has 2 aromatic rings. The second-order valence-electron chi connectivity index (χ2n) is 8.08. The van der Waals surface area contributed by atoms with Crippen molar-refractivity contribution < 1.29 is 14.3 Å². The molecule has 6 heteroatoms. The number of rotatable bonds is 6. The van der Waals surface area contributed by atoms with Crippen molar-refractivity contribution in [2.24, 2.45) is 5.41 Å². The summed E-state index contributed by atoms with van der Waals surface area (Å²) in [4.78, 5) is 23.5. The number of aromatic nitrogens is 2. The molecule has 154 valence electrons. The normalized spacial score (nSPS) is 24.2. The van der Waals surface area contributed by atoms with Crippen LogP contribution in [0.25, 0.3) is 0 Å². The highest BCUT2D eigenvalue weighted by Gasteiger charge is 2.47. The number of carbonyl (C=O) groups is 1. The number of likely N-dealkylation sites (tertiary alicyclic amines) is 1. The van der Waals surface area contributed by atoms with Crippen molar-refractivity contribution in [2.75, 3.05) is 26.3 Å². The summed E-state index contributed by atoms with van der Waals surface area (Å²) in [5.74, 6) is 0.0534. The van der Waals surface area contributed by atoms with Crippen LogP contribution in [-0.4, -0.2) is 53.2 Å². The molecule has 2 fully saturated rings. The molecule has 2 unspecified atom stereocenters. The quantitative estimate of drug-likeness (QED) is 0.751. The molecule has 29 heavy (non-hydrogen) atoms. The van der Waals surface area contributed by atoms with Gasteiger partial charge in [0.15, 0.2) is 0 Å². The lowest BCUT2D eigenvalue weighted by Gasteiger charge is -2.50. The Morgan fingerprint density at radius 2 is 2.17 bits per heavy atom. The first kappa shape index (κ1) is 20.0. The third-order valence-electron chi connectivity index (χ3n) is 6.12. The Hall–Kier alpha value is -2.31. The van der Waals surface area contributed by atoms with E-state index in [2.05, 4.69) is 16.9 Å². The van der Waals surface area contributed by atoms with E-state index in [1.807, 2.05) is 29.2 Å². The zero-order valence-corrected chi connectivity index (χ0v) is 17.0. The van der Waals surface area contributed by atoms with Crippen molar-refractivity contribution in [1.82, 2.24) is 14.9 Å². The molecule has 0 aliphatic carbocycles. The van der Waals surface area contributed by atoms with E-state index in [0.29, 0.717) is 31.9 Å². The van der Waals surface area contributed by atoms with Gasteiger partial charge in [0.2, 0.25) is 0 Å². The van der Waals surface area contributed by atoms with Gasteiger partial charge in [0.05, 0.1) is 24.9 Å². The van der Waals surface area contributed by atoms with Gasteiger partial charge in [0.1, 0.15) is 0 Å². The molecule has 6 nitrogen and oxygen atoms in total. The fourth-order valence-corrected chi connectivity index (χ4v) is 4.47. The largest absolute Gasteiger partial charge is 0.377 e. The van der Waals surface area contributed by atoms with E-state index >= 15 is 0 Å². The van der Waals surface area contributed by atoms with Gasteiger partial charge >= 0.3 is 0 Å². The lowest BCUT2D eigenvalue weighted by Crippen LogP contribution is -2.58. The fraction of sp³-hybridized carbons (Fsp3) is 0.522. The van der Waals surface area contributed by atoms with E-state index in [1.54, 1.807) is 18.6 Å². The van der Waals surface area contributed by atoms with Crippen LogP contribution in [-0.2, 0) is 22.5 Å². The minimum absolute atomic E-state index is 0.0534. The fourth-order valence-electron chi connectivity index (χ4n) is 4.47. The number of amides is 1. The van der Waals surface area contributed by atoms with Crippen LogP contribution in [0.15, 0.2) is 42.9 Å². The van der Waals surface area contributed by atoms with Crippen molar-refractivity contribution in [1.29, 1.82) is 0 Å². The maximum atomic E-state index is 13.1. The average molecular weight is 396 g/mol. The van der Waals surface area contributed by atoms with Gasteiger partial charge in [-0.15, -0.1) is 0 Å². The van der Waals surface area contributed by atoms with Crippen LogP contribution in [0.2, 0.25) is 0 Å². The standard InChI is InChI=1S/C23H29N3O3/c1-2-20-5-4-19(14-25-20)22(27)26-12-8-21-23(16-26,9-3-13-29-21)17-28-15-18-6-10-24-11-7-18/h4-7,10-11,14,21H,2-3,8-9,12-13,15-17H2,1H3. The monoisotopic (exact) mass is 395 g/mol. The molecule has 2 aliphatic heterocycles. The van der Waals surface area contributed by atoms with E-state index in [1.165, 1.54) is 0 Å². The van der Waals surface area contributed by atoms with Gasteiger partial charge < -0.3 is 14.4 Å². The highest BCUT2D eigenvalue weighted by Crippen LogP contribution is 2.41. The van der Waals surface area contributed by atoms with E-state index in [-0.39, 0.29) is 17.4 Å². The highest BCUT2D eigenvalue weighted by atomic mass is 16.5. The Labute approximate surface area is 172 Å². The summed E-state index contributed by atoms with van der Waals surface area (Å²) in [6.45, 7) is 5.39. The predicted molar refractivity (Wildman–Crippen MR) is 109 cm³/mol. The summed E-state index contributed by atoms with van der Waals surface area (Å²) in [7, 11) is 0. The van der Waals surface area contributed by atoms with Crippen LogP contribution >= 0.6 is 0 Å². The number of hydrogen-bond acceptors (Lipinski definition) is 5. The summed E-state index contributed by atoms with van der Waals surface area (Å²) in [5.41, 5.74) is 2.62. The van der Waals surface area contributed by atoms with Gasteiger partial charge in [-0.05, 0) is 55.5 Å². The average Bonchev–Trinajstić information content (AvgIpc) is 2.79. The third-order valence-corrected chi connectivity index (χ3v) is 6.12. The van der Waals surface area contributed by atoms with Crippen LogP contribution in [0.5, 0.6) is 0 Å². The zero-order valence-electron chi connectivity index (χ0n) is 17.0. The Kier molecular flexibility index (Phi) is 6.21. The molecule has 4 heterocycles. The second-order valence-corrected chi connectivity index (χ2v) is 8.08. The van der Waals surface area contributed by atoms with Gasteiger partial charge in [0, 0.05) is 49.4 Å². The molecular formula is C23H29N3O3. The number of ether oxygens (including phenoxy) is 2. The molecular weight excluding hydrogens is 366 g/mol. The minimum Gasteiger partial charge on any atom is -0.377 e. The summed E-state index contributed by atoms with van der Waals surface area (Å²) in [6, 6.07) is 7.77. The van der Waals surface area contributed by atoms with Crippen LogP contribution < -0.4 is 0 Å². The molecule has 0 N–H and O–H groups in total. The maximum absolute atomic E-state index is 13.1. The first-order valence-electron chi connectivity index (χ1n) is 10.5. The summed E-state index contributed by atoms with van der Waals surface area (Å²) in [5, 5.41) is 0. The summed E-state index contributed by atoms with van der Waals surface area (Å²) < 4.78 is 12.2. The number of fused-ring (bicyclic) bond motifs is 1. The third kappa shape index (κ3) is 4.49. The van der Waals surface area contributed by atoms with Crippen LogP contribution in [0, 0.1) is 5.41 Å². The first-order valence-corrected chi connectivity index (χ1v) is 10.5. The van der Waals surface area contributed by atoms with Crippen LogP contribution in [0.4, 0.5) is 0 Å². The number of hydrogen-bond donors (Lipinski definition) is 0. The van der Waals surface area contributed by atoms with Gasteiger partial charge in [-0.2, -0.15) is 0 Å². The first-order chi connectivity index (χ1) is 14.2. The second kappa shape index (κ2) is 9.01. The van der Waals surface area contributed by atoms with Crippen molar-refractivity contribution in [3.05, 3.63) is 59.7 Å². The lowest BCUT2D eigenvalue weighted by atomic mass is 9.73. The number of pyridine rings is 2. The molecule has 2 atom stereocenters. The molecule has 2 aliphatic rings. The van der Waals surface area contributed by atoms with Gasteiger partial charge in [-0.1, -0.05) is 6.92 Å². The topological polar surface area (TPSA) is 64.6 Å². The van der Waals surface area contributed by atoms with Gasteiger partial charge in [-0.25, -0.2) is 0 Å². The molecule has 2 aromatic heterocycles. The highest BCUT2D eigenvalue weighted by molar-refractivity contribution is 5.94. The minimum atomic E-state index is -0.143. The molecule has 2 saturated heterocycles. The van der Waals surface area contributed by atoms with E-state index < -0.39 is 0 Å². The Morgan fingerprint density at radius 3 is 2.93 bits per heavy atom. The van der Waals surface area contributed by atoms with E-state index in [4.69, 9.17) is 9.47 Å². The Balaban J connectivity index is 1.45. The van der Waals surface area contributed by atoms with Crippen molar-refractivity contribution in [2.45, 2.75) is 45.3 Å². The maximum Gasteiger partial charge on any atom is 0.255 e. The van der Waals surface area contributed by atoms with Gasteiger partial charge in [-0.3, -0.25) is 14.8 Å². The molecule has 0 bridgehead atoms. The molecule has 4 rings (SSSR count). The molecule has 0 aromatic carbocycles. The number of piperidine rings is 1. The summed E-state index contributed by atoms with van der Waals surface area (Å²) in [6.07, 6.45) is 9.16. The number of nitrogens with zero attached hydrogens (tertiary/aromatic N) is 3. The molecule has 0 saturated carbocycles. The molecule has 0 spiro atoms. The van der Waals surface area contributed by atoms with Crippen molar-refractivity contribution in [3.63, 3.8) is 0 Å². The zero-order chi connectivity index (χ0) is 20.1. The number of aryl methyl sites for hydroxylation is 1. The van der Waals surface area contributed by atoms with Crippen molar-refractivity contribution in [3.8, 4) is 0 Å². The van der Waals surface area contributed by atoms with Crippen LogP contribution in [0.1, 0.15) is 47.8 Å². The molecule has 0 radical (unpaired) electrons. The Bertz CT molecular complexity index is 812. The van der Waals surface area contributed by atoms with Crippen molar-refractivity contribution >= 4 is 5.91 Å². The Morgan fingerprint density at radius 1 is 1.31 bits per heavy atom. The lowest BCUT2D eigenvalue weighted by molar-refractivity contribution is -0.148. The SMILES string of the molecule is CCc1ccc(C(=O)N2CCC3OCCCC3(COCc3ccncc3)C2)cn1. The molecule has 1 amide bonds. The van der Waals surface area contributed by atoms with E-state index in [0.717, 1.165) is 43.5 Å². The van der Waals surface area contributed by atoms with E-state index in [9.17, 15) is 4.79 Å². The van der Waals surface area contributed by atoms with Gasteiger partial charge in [0.25, 0.3) is 5.91 Å². The predicted octanol–water partition coefficient (Wildman–Crippen LogP) is 3.27. The van der Waals surface area contributed by atoms with Crippen LogP contribution in [0.3, 0.4) is 0 Å². The number of carbonyl (C=O) groups excluding carboxylic acids is 1. The summed E-state index contributed by atoms with van der Waals surface area (Å²) >= 11 is 0. The smallest absolute Gasteiger partial charge is 0.255 e.